The Morgan fingerprint density at radius 3 is 2.27 bits per heavy atom. The first-order valence-electron chi connectivity index (χ1n) is 5.57. The number of nitrogens with zero attached hydrogens (tertiary/aromatic N) is 1. The topological polar surface area (TPSA) is 54.5 Å². The molecule has 0 N–H and O–H groups in total. The van der Waals surface area contributed by atoms with Crippen LogP contribution in [-0.4, -0.2) is 28.5 Å². The van der Waals surface area contributed by atoms with Gasteiger partial charge >= 0.3 is 0 Å². The fraction of sp³-hybridized carbons (Fsp3) is 0.727. The van der Waals surface area contributed by atoms with Crippen molar-refractivity contribution >= 4 is 17.6 Å². The molecule has 0 aromatic heterocycles. The zero-order valence-electron chi connectivity index (χ0n) is 8.44. The number of rotatable bonds is 1. The molecule has 3 aliphatic rings. The van der Waals surface area contributed by atoms with Gasteiger partial charge in [-0.2, -0.15) is 0 Å². The van der Waals surface area contributed by atoms with Crippen molar-refractivity contribution in [3.8, 4) is 0 Å². The molecular weight excluding hydrogens is 194 g/mol. The highest BCUT2D eigenvalue weighted by Crippen LogP contribution is 2.41. The first-order chi connectivity index (χ1) is 7.18. The van der Waals surface area contributed by atoms with Gasteiger partial charge in [0.2, 0.25) is 11.8 Å². The lowest BCUT2D eigenvalue weighted by molar-refractivity contribution is -0.140. The number of likely N-dealkylation sites (tertiary alicyclic amines) is 1. The van der Waals surface area contributed by atoms with Gasteiger partial charge in [-0.15, -0.1) is 0 Å². The number of Topliss-reactive ketones (excluding diaryl/α,β-unsaturated/α-hetero) is 1. The molecule has 0 spiro atoms. The molecule has 15 heavy (non-hydrogen) atoms. The minimum Gasteiger partial charge on any atom is -0.300 e. The van der Waals surface area contributed by atoms with Crippen molar-refractivity contribution in [2.24, 2.45) is 11.8 Å². The molecule has 2 amide bonds. The van der Waals surface area contributed by atoms with Crippen molar-refractivity contribution in [2.45, 2.75) is 38.1 Å². The summed E-state index contributed by atoms with van der Waals surface area (Å²) in [5.41, 5.74) is 0. The number of imide groups is 1. The van der Waals surface area contributed by atoms with E-state index >= 15 is 0 Å². The van der Waals surface area contributed by atoms with Crippen molar-refractivity contribution in [1.82, 2.24) is 4.90 Å². The van der Waals surface area contributed by atoms with Crippen LogP contribution in [0.2, 0.25) is 0 Å². The molecule has 1 aliphatic heterocycles. The van der Waals surface area contributed by atoms with Gasteiger partial charge in [-0.1, -0.05) is 0 Å². The number of hydrogen-bond acceptors (Lipinski definition) is 3. The molecule has 0 bridgehead atoms. The predicted octanol–water partition coefficient (Wildman–Crippen LogP) is 0.503. The lowest BCUT2D eigenvalue weighted by atomic mass is 9.80. The summed E-state index contributed by atoms with van der Waals surface area (Å²) in [7, 11) is 0. The van der Waals surface area contributed by atoms with E-state index in [1.54, 1.807) is 0 Å². The van der Waals surface area contributed by atoms with Crippen LogP contribution in [0.25, 0.3) is 0 Å². The van der Waals surface area contributed by atoms with Crippen molar-refractivity contribution in [3.63, 3.8) is 0 Å². The molecule has 0 aromatic carbocycles. The summed E-state index contributed by atoms with van der Waals surface area (Å²) in [6, 6.07) is 0.158. The van der Waals surface area contributed by atoms with Crippen LogP contribution in [0.1, 0.15) is 32.1 Å². The monoisotopic (exact) mass is 207 g/mol. The highest BCUT2D eigenvalue weighted by atomic mass is 16.2. The average molecular weight is 207 g/mol. The number of hydrogen-bond donors (Lipinski definition) is 0. The fourth-order valence-corrected chi connectivity index (χ4v) is 2.72. The van der Waals surface area contributed by atoms with Crippen LogP contribution < -0.4 is 0 Å². The summed E-state index contributed by atoms with van der Waals surface area (Å²) >= 11 is 0. The smallest absolute Gasteiger partial charge is 0.233 e. The Morgan fingerprint density at radius 1 is 0.933 bits per heavy atom. The van der Waals surface area contributed by atoms with E-state index in [2.05, 4.69) is 0 Å². The van der Waals surface area contributed by atoms with E-state index in [1.165, 1.54) is 4.90 Å². The highest BCUT2D eigenvalue weighted by molar-refractivity contribution is 6.08. The van der Waals surface area contributed by atoms with E-state index in [-0.39, 0.29) is 35.5 Å². The summed E-state index contributed by atoms with van der Waals surface area (Å²) in [5, 5.41) is 0. The van der Waals surface area contributed by atoms with Gasteiger partial charge in [0.05, 0.1) is 11.8 Å². The van der Waals surface area contributed by atoms with Gasteiger partial charge < -0.3 is 0 Å². The molecule has 4 heteroatoms. The van der Waals surface area contributed by atoms with Crippen LogP contribution in [0, 0.1) is 11.8 Å². The maximum absolute atomic E-state index is 11.9. The second-order valence-electron chi connectivity index (χ2n) is 4.77. The van der Waals surface area contributed by atoms with Gasteiger partial charge in [-0.25, -0.2) is 0 Å². The van der Waals surface area contributed by atoms with Crippen LogP contribution in [0.5, 0.6) is 0 Å². The fourth-order valence-electron chi connectivity index (χ4n) is 2.72. The summed E-state index contributed by atoms with van der Waals surface area (Å²) < 4.78 is 0. The van der Waals surface area contributed by atoms with Gasteiger partial charge in [-0.05, 0) is 19.3 Å². The molecule has 1 saturated heterocycles. The third-order valence-electron chi connectivity index (χ3n) is 3.69. The van der Waals surface area contributed by atoms with E-state index in [9.17, 15) is 14.4 Å². The minimum absolute atomic E-state index is 0.0139. The minimum atomic E-state index is -0.320. The number of carbonyl (C=O) groups excluding carboxylic acids is 3. The van der Waals surface area contributed by atoms with E-state index in [1.807, 2.05) is 0 Å². The molecule has 4 nitrogen and oxygen atoms in total. The van der Waals surface area contributed by atoms with Gasteiger partial charge in [0, 0.05) is 18.9 Å². The van der Waals surface area contributed by atoms with E-state index in [0.717, 1.165) is 12.8 Å². The molecule has 3 fully saturated rings. The summed E-state index contributed by atoms with van der Waals surface area (Å²) in [6.07, 6.45) is 3.24. The Kier molecular flexibility index (Phi) is 1.75. The maximum atomic E-state index is 11.9. The second-order valence-corrected chi connectivity index (χ2v) is 4.77. The van der Waals surface area contributed by atoms with Crippen LogP contribution in [0.4, 0.5) is 0 Å². The van der Waals surface area contributed by atoms with Crippen molar-refractivity contribution in [3.05, 3.63) is 0 Å². The lowest BCUT2D eigenvalue weighted by Crippen LogP contribution is -2.33. The van der Waals surface area contributed by atoms with Crippen LogP contribution in [0.15, 0.2) is 0 Å². The van der Waals surface area contributed by atoms with Crippen LogP contribution in [0.3, 0.4) is 0 Å². The number of amides is 2. The third-order valence-corrected chi connectivity index (χ3v) is 3.69. The first-order valence-corrected chi connectivity index (χ1v) is 5.57. The Labute approximate surface area is 87.6 Å². The molecule has 80 valence electrons. The maximum Gasteiger partial charge on any atom is 0.233 e. The SMILES string of the molecule is O=C1CCC2C(=O)N(C3CC3)C(=O)C2C1. The summed E-state index contributed by atoms with van der Waals surface area (Å²) in [6.45, 7) is 0. The van der Waals surface area contributed by atoms with Crippen LogP contribution in [-0.2, 0) is 14.4 Å². The predicted molar refractivity (Wildman–Crippen MR) is 50.7 cm³/mol. The molecule has 2 aliphatic carbocycles. The zero-order valence-corrected chi connectivity index (χ0v) is 8.44. The second kappa shape index (κ2) is 2.90. The van der Waals surface area contributed by atoms with Crippen molar-refractivity contribution < 1.29 is 14.4 Å². The Balaban J connectivity index is 1.89. The lowest BCUT2D eigenvalue weighted by Gasteiger charge is -2.18. The average Bonchev–Trinajstić information content (AvgIpc) is 2.98. The van der Waals surface area contributed by atoms with Crippen molar-refractivity contribution in [1.29, 1.82) is 0 Å². The molecule has 0 radical (unpaired) electrons. The number of fused-ring (bicyclic) bond motifs is 1. The Morgan fingerprint density at radius 2 is 1.60 bits per heavy atom. The normalized spacial score (nSPS) is 36.0. The van der Waals surface area contributed by atoms with Gasteiger partial charge in [0.15, 0.2) is 0 Å². The zero-order chi connectivity index (χ0) is 10.6. The van der Waals surface area contributed by atoms with Crippen LogP contribution >= 0.6 is 0 Å². The van der Waals surface area contributed by atoms with E-state index in [0.29, 0.717) is 19.3 Å². The molecule has 2 saturated carbocycles. The van der Waals surface area contributed by atoms with Gasteiger partial charge in [0.1, 0.15) is 5.78 Å². The quantitative estimate of drug-likeness (QED) is 0.588. The Hall–Kier alpha value is -1.19. The van der Waals surface area contributed by atoms with Crippen molar-refractivity contribution in [2.75, 3.05) is 0 Å². The van der Waals surface area contributed by atoms with E-state index in [4.69, 9.17) is 0 Å². The first kappa shape index (κ1) is 9.07. The molecular formula is C11H13NO3. The van der Waals surface area contributed by atoms with Gasteiger partial charge in [0.25, 0.3) is 0 Å². The Bertz CT molecular complexity index is 359. The summed E-state index contributed by atoms with van der Waals surface area (Å²) in [5.74, 6) is -0.467. The number of carbonyl (C=O) groups is 3. The van der Waals surface area contributed by atoms with Gasteiger partial charge in [-0.3, -0.25) is 19.3 Å². The summed E-state index contributed by atoms with van der Waals surface area (Å²) in [4.78, 5) is 36.6. The largest absolute Gasteiger partial charge is 0.300 e. The molecule has 2 unspecified atom stereocenters. The number of ketones is 1. The highest BCUT2D eigenvalue weighted by Gasteiger charge is 2.53. The molecule has 2 atom stereocenters. The van der Waals surface area contributed by atoms with E-state index < -0.39 is 0 Å². The molecule has 3 rings (SSSR count). The molecule has 0 aromatic rings. The molecule has 1 heterocycles. The standard InChI is InChI=1S/C11H13NO3/c13-7-3-4-8-9(5-7)11(15)12(10(8)14)6-1-2-6/h6,8-9H,1-5H2. The third kappa shape index (κ3) is 1.24.